The van der Waals surface area contributed by atoms with Crippen LogP contribution in [0.2, 0.25) is 0 Å². The quantitative estimate of drug-likeness (QED) is 0.506. The third kappa shape index (κ3) is 3.37. The van der Waals surface area contributed by atoms with Crippen molar-refractivity contribution in [3.63, 3.8) is 0 Å². The second kappa shape index (κ2) is 7.62. The fourth-order valence-corrected chi connectivity index (χ4v) is 7.84. The van der Waals surface area contributed by atoms with E-state index in [1.807, 2.05) is 20.8 Å². The first kappa shape index (κ1) is 22.3. The molecule has 170 valence electrons. The molecule has 4 aliphatic carbocycles. The maximum Gasteiger partial charge on any atom is 0.311 e. The van der Waals surface area contributed by atoms with Crippen molar-refractivity contribution in [2.45, 2.75) is 98.2 Å². The predicted molar refractivity (Wildman–Crippen MR) is 118 cm³/mol. The molecule has 0 bridgehead atoms. The first-order valence-corrected chi connectivity index (χ1v) is 12.2. The maximum atomic E-state index is 12.5. The standard InChI is InChI=1S/C26H42O4/c1-16(30-23(29)24(2,3)4)20-8-9-21-19-7-6-17-14-18(28)10-13-26(17,15-27)22(19)11-12-25(20,21)5/h9,16-20,22,27-28H,6-8,10-15H2,1-5H3/t16?,17?,18?,19-,20+,22-,25+,26+/m0/s1. The van der Waals surface area contributed by atoms with Gasteiger partial charge < -0.3 is 14.9 Å². The van der Waals surface area contributed by atoms with Crippen LogP contribution in [0.25, 0.3) is 0 Å². The van der Waals surface area contributed by atoms with Gasteiger partial charge in [-0.2, -0.15) is 0 Å². The van der Waals surface area contributed by atoms with Crippen LogP contribution in [0.4, 0.5) is 0 Å². The summed E-state index contributed by atoms with van der Waals surface area (Å²) in [4.78, 5) is 12.5. The van der Waals surface area contributed by atoms with Crippen LogP contribution in [0.1, 0.15) is 86.0 Å². The molecule has 0 heterocycles. The van der Waals surface area contributed by atoms with E-state index in [9.17, 15) is 15.0 Å². The molecule has 0 spiro atoms. The van der Waals surface area contributed by atoms with Gasteiger partial charge in [0, 0.05) is 12.5 Å². The number of esters is 1. The number of carbonyl (C=O) groups excluding carboxylic acids is 1. The molecule has 0 saturated heterocycles. The van der Waals surface area contributed by atoms with Gasteiger partial charge in [-0.25, -0.2) is 0 Å². The van der Waals surface area contributed by atoms with Crippen LogP contribution in [0.3, 0.4) is 0 Å². The van der Waals surface area contributed by atoms with Crippen molar-refractivity contribution < 1.29 is 19.7 Å². The number of ether oxygens (including phenoxy) is 1. The van der Waals surface area contributed by atoms with Gasteiger partial charge in [0.25, 0.3) is 0 Å². The van der Waals surface area contributed by atoms with Gasteiger partial charge in [-0.15, -0.1) is 0 Å². The molecule has 8 atom stereocenters. The van der Waals surface area contributed by atoms with Crippen LogP contribution in [0, 0.1) is 39.9 Å². The number of aliphatic hydroxyl groups is 2. The highest BCUT2D eigenvalue weighted by Crippen LogP contribution is 2.66. The second-order valence-corrected chi connectivity index (χ2v) is 12.1. The molecule has 2 N–H and O–H groups in total. The highest BCUT2D eigenvalue weighted by Gasteiger charge is 2.59. The SMILES string of the molecule is CC(OC(=O)C(C)(C)C)[C@H]1CC=C2[C@@H]3CCC4CC(O)CC[C@]4(CO)[C@H]3CC[C@@]21C. The van der Waals surface area contributed by atoms with Crippen LogP contribution in [-0.2, 0) is 9.53 Å². The topological polar surface area (TPSA) is 66.8 Å². The van der Waals surface area contributed by atoms with Gasteiger partial charge in [0.2, 0.25) is 0 Å². The smallest absolute Gasteiger partial charge is 0.311 e. The van der Waals surface area contributed by atoms with Gasteiger partial charge in [0.15, 0.2) is 0 Å². The Kier molecular flexibility index (Phi) is 5.67. The van der Waals surface area contributed by atoms with E-state index >= 15 is 0 Å². The molecule has 30 heavy (non-hydrogen) atoms. The lowest BCUT2D eigenvalue weighted by atomic mass is 9.45. The molecule has 0 radical (unpaired) electrons. The Labute approximate surface area is 182 Å². The lowest BCUT2D eigenvalue weighted by Crippen LogP contribution is -2.55. The van der Waals surface area contributed by atoms with Crippen LogP contribution in [0.5, 0.6) is 0 Å². The zero-order valence-corrected chi connectivity index (χ0v) is 19.6. The van der Waals surface area contributed by atoms with Gasteiger partial charge in [-0.05, 0) is 108 Å². The van der Waals surface area contributed by atoms with Crippen molar-refractivity contribution in [3.05, 3.63) is 11.6 Å². The van der Waals surface area contributed by atoms with Gasteiger partial charge in [0.05, 0.1) is 11.5 Å². The van der Waals surface area contributed by atoms with E-state index in [-0.39, 0.29) is 35.6 Å². The molecular formula is C26H42O4. The number of hydrogen-bond donors (Lipinski definition) is 2. The van der Waals surface area contributed by atoms with Crippen molar-refractivity contribution in [3.8, 4) is 0 Å². The minimum atomic E-state index is -0.473. The average Bonchev–Trinajstić information content (AvgIpc) is 3.04. The summed E-state index contributed by atoms with van der Waals surface area (Å²) in [5.74, 6) is 1.76. The molecule has 3 unspecified atom stereocenters. The molecule has 0 aliphatic heterocycles. The molecule has 4 heteroatoms. The van der Waals surface area contributed by atoms with Crippen molar-refractivity contribution in [2.75, 3.05) is 6.61 Å². The summed E-state index contributed by atoms with van der Waals surface area (Å²) in [7, 11) is 0. The van der Waals surface area contributed by atoms with Crippen LogP contribution >= 0.6 is 0 Å². The van der Waals surface area contributed by atoms with Crippen molar-refractivity contribution in [1.82, 2.24) is 0 Å². The lowest BCUT2D eigenvalue weighted by Gasteiger charge is -2.60. The number of hydrogen-bond acceptors (Lipinski definition) is 4. The fraction of sp³-hybridized carbons (Fsp3) is 0.885. The van der Waals surface area contributed by atoms with E-state index < -0.39 is 5.41 Å². The summed E-state index contributed by atoms with van der Waals surface area (Å²) in [5, 5.41) is 20.8. The molecule has 0 aromatic carbocycles. The monoisotopic (exact) mass is 418 g/mol. The fourth-order valence-electron chi connectivity index (χ4n) is 7.84. The minimum absolute atomic E-state index is 0.00722. The molecule has 3 saturated carbocycles. The van der Waals surface area contributed by atoms with E-state index in [1.54, 1.807) is 5.57 Å². The van der Waals surface area contributed by atoms with E-state index in [2.05, 4.69) is 19.9 Å². The average molecular weight is 419 g/mol. The second-order valence-electron chi connectivity index (χ2n) is 12.1. The van der Waals surface area contributed by atoms with Crippen molar-refractivity contribution in [1.29, 1.82) is 0 Å². The Morgan fingerprint density at radius 1 is 1.23 bits per heavy atom. The van der Waals surface area contributed by atoms with E-state index in [0.717, 1.165) is 44.9 Å². The molecule has 0 amide bonds. The number of fused-ring (bicyclic) bond motifs is 5. The summed E-state index contributed by atoms with van der Waals surface area (Å²) in [5.41, 5.74) is 1.20. The first-order valence-electron chi connectivity index (χ1n) is 12.2. The van der Waals surface area contributed by atoms with Gasteiger partial charge in [-0.1, -0.05) is 18.6 Å². The third-order valence-corrected chi connectivity index (χ3v) is 9.57. The minimum Gasteiger partial charge on any atom is -0.462 e. The van der Waals surface area contributed by atoms with E-state index in [0.29, 0.717) is 23.7 Å². The van der Waals surface area contributed by atoms with Crippen LogP contribution < -0.4 is 0 Å². The molecular weight excluding hydrogens is 376 g/mol. The molecule has 4 aliphatic rings. The van der Waals surface area contributed by atoms with Crippen LogP contribution in [0.15, 0.2) is 11.6 Å². The number of carbonyl (C=O) groups is 1. The molecule has 0 aromatic rings. The van der Waals surface area contributed by atoms with Gasteiger partial charge in [0.1, 0.15) is 6.10 Å². The third-order valence-electron chi connectivity index (χ3n) is 9.57. The van der Waals surface area contributed by atoms with Crippen molar-refractivity contribution >= 4 is 5.97 Å². The molecule has 3 fully saturated rings. The molecule has 4 nitrogen and oxygen atoms in total. The Morgan fingerprint density at radius 3 is 2.63 bits per heavy atom. The lowest BCUT2D eigenvalue weighted by molar-refractivity contribution is -0.163. The number of aliphatic hydroxyl groups excluding tert-OH is 2. The Balaban J connectivity index is 1.54. The predicted octanol–water partition coefficient (Wildman–Crippen LogP) is 4.88. The normalized spacial score (nSPS) is 44.4. The van der Waals surface area contributed by atoms with E-state index in [1.165, 1.54) is 6.42 Å². The first-order chi connectivity index (χ1) is 14.0. The number of rotatable bonds is 3. The molecule has 4 rings (SSSR count). The highest BCUT2D eigenvalue weighted by atomic mass is 16.5. The van der Waals surface area contributed by atoms with Gasteiger partial charge in [-0.3, -0.25) is 4.79 Å². The zero-order valence-electron chi connectivity index (χ0n) is 19.6. The zero-order chi connectivity index (χ0) is 21.9. The maximum absolute atomic E-state index is 12.5. The summed E-state index contributed by atoms with van der Waals surface area (Å²) in [6, 6.07) is 0. The molecule has 0 aromatic heterocycles. The summed E-state index contributed by atoms with van der Waals surface area (Å²) < 4.78 is 5.95. The Morgan fingerprint density at radius 2 is 1.97 bits per heavy atom. The highest BCUT2D eigenvalue weighted by molar-refractivity contribution is 5.75. The Hall–Kier alpha value is -0.870. The van der Waals surface area contributed by atoms with Gasteiger partial charge >= 0.3 is 5.97 Å². The van der Waals surface area contributed by atoms with Crippen LogP contribution in [-0.4, -0.2) is 35.0 Å². The Bertz CT molecular complexity index is 706. The summed E-state index contributed by atoms with van der Waals surface area (Å²) in [6.07, 6.45) is 10.4. The largest absolute Gasteiger partial charge is 0.462 e. The van der Waals surface area contributed by atoms with Crippen molar-refractivity contribution in [2.24, 2.45) is 39.9 Å². The number of allylic oxidation sites excluding steroid dienone is 2. The van der Waals surface area contributed by atoms with E-state index in [4.69, 9.17) is 4.74 Å². The summed E-state index contributed by atoms with van der Waals surface area (Å²) >= 11 is 0. The summed E-state index contributed by atoms with van der Waals surface area (Å²) in [6.45, 7) is 10.5.